The van der Waals surface area contributed by atoms with Gasteiger partial charge in [0.25, 0.3) is 0 Å². The second-order valence-electron chi connectivity index (χ2n) is 3.74. The number of epoxide rings is 1. The quantitative estimate of drug-likeness (QED) is 0.388. The summed E-state index contributed by atoms with van der Waals surface area (Å²) in [4.78, 5) is 11.3. The summed E-state index contributed by atoms with van der Waals surface area (Å²) in [6.07, 6.45) is 5.86. The van der Waals surface area contributed by atoms with Crippen LogP contribution in [-0.2, 0) is 14.3 Å². The SMILES string of the molecule is C=CC[C@H]1CC(C(=O)OC)=CC2O[C@H]21. The minimum absolute atomic E-state index is 0.141. The zero-order chi connectivity index (χ0) is 10.1. The molecule has 1 unspecified atom stereocenters. The van der Waals surface area contributed by atoms with Crippen LogP contribution in [0.4, 0.5) is 0 Å². The summed E-state index contributed by atoms with van der Waals surface area (Å²) in [6.45, 7) is 3.71. The lowest BCUT2D eigenvalue weighted by Gasteiger charge is -2.16. The Morgan fingerprint density at radius 2 is 2.64 bits per heavy atom. The van der Waals surface area contributed by atoms with Crippen LogP contribution in [-0.4, -0.2) is 25.3 Å². The van der Waals surface area contributed by atoms with Crippen molar-refractivity contribution in [3.05, 3.63) is 24.3 Å². The molecule has 3 heteroatoms. The highest BCUT2D eigenvalue weighted by atomic mass is 16.6. The van der Waals surface area contributed by atoms with Crippen LogP contribution in [0.15, 0.2) is 24.3 Å². The van der Waals surface area contributed by atoms with Crippen molar-refractivity contribution in [3.63, 3.8) is 0 Å². The van der Waals surface area contributed by atoms with Gasteiger partial charge in [-0.2, -0.15) is 0 Å². The first-order valence-corrected chi connectivity index (χ1v) is 4.81. The molecule has 0 radical (unpaired) electrons. The molecule has 0 amide bonds. The highest BCUT2D eigenvalue weighted by Gasteiger charge is 2.47. The number of fused-ring (bicyclic) bond motifs is 1. The van der Waals surface area contributed by atoms with Crippen molar-refractivity contribution in [3.8, 4) is 0 Å². The number of hydrogen-bond donors (Lipinski definition) is 0. The van der Waals surface area contributed by atoms with Crippen LogP contribution < -0.4 is 0 Å². The van der Waals surface area contributed by atoms with E-state index in [-0.39, 0.29) is 12.1 Å². The van der Waals surface area contributed by atoms with Gasteiger partial charge in [-0.05, 0) is 24.8 Å². The lowest BCUT2D eigenvalue weighted by Crippen LogP contribution is -2.19. The number of carbonyl (C=O) groups is 1. The number of methoxy groups -OCH3 is 1. The van der Waals surface area contributed by atoms with Crippen LogP contribution in [0.1, 0.15) is 12.8 Å². The zero-order valence-electron chi connectivity index (χ0n) is 8.23. The largest absolute Gasteiger partial charge is 0.466 e. The first-order valence-electron chi connectivity index (χ1n) is 4.81. The smallest absolute Gasteiger partial charge is 0.333 e. The molecule has 1 aliphatic carbocycles. The maximum atomic E-state index is 11.3. The Morgan fingerprint density at radius 1 is 1.86 bits per heavy atom. The van der Waals surface area contributed by atoms with Gasteiger partial charge in [0.1, 0.15) is 6.10 Å². The van der Waals surface area contributed by atoms with Crippen LogP contribution in [0.2, 0.25) is 0 Å². The summed E-state index contributed by atoms with van der Waals surface area (Å²) in [5.41, 5.74) is 0.748. The second kappa shape index (κ2) is 3.58. The molecular formula is C11H14O3. The average molecular weight is 194 g/mol. The molecule has 0 N–H and O–H groups in total. The fraction of sp³-hybridized carbons (Fsp3) is 0.545. The van der Waals surface area contributed by atoms with E-state index in [4.69, 9.17) is 9.47 Å². The number of esters is 1. The van der Waals surface area contributed by atoms with Crippen LogP contribution in [0, 0.1) is 5.92 Å². The first-order chi connectivity index (χ1) is 6.76. The van der Waals surface area contributed by atoms with Gasteiger partial charge < -0.3 is 9.47 Å². The standard InChI is InChI=1S/C11H14O3/c1-3-4-7-5-8(11(12)13-2)6-9-10(7)14-9/h3,6-7,9-10H,1,4-5H2,2H3/t7-,9?,10-/m0/s1. The highest BCUT2D eigenvalue weighted by molar-refractivity contribution is 5.88. The summed E-state index contributed by atoms with van der Waals surface area (Å²) in [5.74, 6) is 0.171. The summed E-state index contributed by atoms with van der Waals surface area (Å²) >= 11 is 0. The molecule has 0 saturated carbocycles. The summed E-state index contributed by atoms with van der Waals surface area (Å²) < 4.78 is 10.1. The summed E-state index contributed by atoms with van der Waals surface area (Å²) in [5, 5.41) is 0. The Hall–Kier alpha value is -1.09. The van der Waals surface area contributed by atoms with Crippen molar-refractivity contribution < 1.29 is 14.3 Å². The van der Waals surface area contributed by atoms with Crippen LogP contribution in [0.25, 0.3) is 0 Å². The molecule has 0 aromatic heterocycles. The van der Waals surface area contributed by atoms with Crippen molar-refractivity contribution in [2.45, 2.75) is 25.0 Å². The minimum Gasteiger partial charge on any atom is -0.466 e. The molecule has 14 heavy (non-hydrogen) atoms. The number of carbonyl (C=O) groups excluding carboxylic acids is 1. The molecule has 1 saturated heterocycles. The Kier molecular flexibility index (Phi) is 2.42. The van der Waals surface area contributed by atoms with Crippen molar-refractivity contribution in [1.82, 2.24) is 0 Å². The van der Waals surface area contributed by atoms with Crippen LogP contribution >= 0.6 is 0 Å². The summed E-state index contributed by atoms with van der Waals surface area (Å²) in [6, 6.07) is 0. The molecule has 0 bridgehead atoms. The Morgan fingerprint density at radius 3 is 3.29 bits per heavy atom. The van der Waals surface area contributed by atoms with Crippen molar-refractivity contribution in [2.24, 2.45) is 5.92 Å². The van der Waals surface area contributed by atoms with Gasteiger partial charge in [-0.3, -0.25) is 0 Å². The van der Waals surface area contributed by atoms with Crippen molar-refractivity contribution in [2.75, 3.05) is 7.11 Å². The second-order valence-corrected chi connectivity index (χ2v) is 3.74. The Balaban J connectivity index is 2.07. The molecule has 1 fully saturated rings. The molecule has 2 rings (SSSR count). The van der Waals surface area contributed by atoms with Gasteiger partial charge in [-0.1, -0.05) is 6.08 Å². The van der Waals surface area contributed by atoms with Gasteiger partial charge in [-0.25, -0.2) is 4.79 Å². The predicted molar refractivity (Wildman–Crippen MR) is 51.7 cm³/mol. The van der Waals surface area contributed by atoms with E-state index in [9.17, 15) is 4.79 Å². The lowest BCUT2D eigenvalue weighted by molar-refractivity contribution is -0.136. The van der Waals surface area contributed by atoms with Gasteiger partial charge in [0.2, 0.25) is 0 Å². The van der Waals surface area contributed by atoms with E-state index >= 15 is 0 Å². The average Bonchev–Trinajstić information content (AvgIpc) is 2.96. The van der Waals surface area contributed by atoms with Crippen molar-refractivity contribution in [1.29, 1.82) is 0 Å². The number of hydrogen-bond acceptors (Lipinski definition) is 3. The van der Waals surface area contributed by atoms with Gasteiger partial charge >= 0.3 is 5.97 Å². The Labute approximate surface area is 83.4 Å². The fourth-order valence-electron chi connectivity index (χ4n) is 2.03. The lowest BCUT2D eigenvalue weighted by atomic mass is 9.86. The van der Waals surface area contributed by atoms with E-state index in [1.165, 1.54) is 7.11 Å². The third-order valence-corrected chi connectivity index (χ3v) is 2.79. The fourth-order valence-corrected chi connectivity index (χ4v) is 2.03. The number of rotatable bonds is 3. The Bertz CT molecular complexity index is 293. The number of allylic oxidation sites excluding steroid dienone is 1. The maximum Gasteiger partial charge on any atom is 0.333 e. The molecule has 2 aliphatic rings. The van der Waals surface area contributed by atoms with E-state index in [1.54, 1.807) is 0 Å². The van der Waals surface area contributed by atoms with Gasteiger partial charge in [0.05, 0.1) is 13.2 Å². The number of ether oxygens (including phenoxy) is 2. The van der Waals surface area contributed by atoms with E-state index in [0.717, 1.165) is 18.4 Å². The van der Waals surface area contributed by atoms with Gasteiger partial charge in [0, 0.05) is 5.57 Å². The molecule has 0 aromatic carbocycles. The maximum absolute atomic E-state index is 11.3. The van der Waals surface area contributed by atoms with Crippen molar-refractivity contribution >= 4 is 5.97 Å². The molecule has 0 aromatic rings. The third kappa shape index (κ3) is 1.60. The molecule has 1 heterocycles. The first kappa shape index (κ1) is 9.46. The van der Waals surface area contributed by atoms with Crippen LogP contribution in [0.3, 0.4) is 0 Å². The topological polar surface area (TPSA) is 38.8 Å². The predicted octanol–water partition coefficient (Wildman–Crippen LogP) is 1.45. The minimum atomic E-state index is -0.229. The van der Waals surface area contributed by atoms with Gasteiger partial charge in [0.15, 0.2) is 0 Å². The highest BCUT2D eigenvalue weighted by Crippen LogP contribution is 2.41. The van der Waals surface area contributed by atoms with E-state index in [2.05, 4.69) is 6.58 Å². The molecule has 76 valence electrons. The van der Waals surface area contributed by atoms with E-state index in [0.29, 0.717) is 12.0 Å². The van der Waals surface area contributed by atoms with E-state index in [1.807, 2.05) is 12.2 Å². The molecule has 3 nitrogen and oxygen atoms in total. The summed E-state index contributed by atoms with van der Waals surface area (Å²) in [7, 11) is 1.41. The molecule has 0 spiro atoms. The molecular weight excluding hydrogens is 180 g/mol. The molecule has 3 atom stereocenters. The third-order valence-electron chi connectivity index (χ3n) is 2.79. The van der Waals surface area contributed by atoms with E-state index < -0.39 is 0 Å². The van der Waals surface area contributed by atoms with Gasteiger partial charge in [-0.15, -0.1) is 6.58 Å². The normalized spacial score (nSPS) is 34.1. The monoisotopic (exact) mass is 194 g/mol. The zero-order valence-corrected chi connectivity index (χ0v) is 8.23. The van der Waals surface area contributed by atoms with Crippen LogP contribution in [0.5, 0.6) is 0 Å². The molecule has 1 aliphatic heterocycles.